The van der Waals surface area contributed by atoms with Gasteiger partial charge < -0.3 is 5.32 Å². The van der Waals surface area contributed by atoms with Gasteiger partial charge in [-0.2, -0.15) is 0 Å². The molecule has 0 saturated carbocycles. The third-order valence-corrected chi connectivity index (χ3v) is 3.87. The summed E-state index contributed by atoms with van der Waals surface area (Å²) >= 11 is 8.04. The molecule has 1 aromatic heterocycles. The highest BCUT2D eigenvalue weighted by Crippen LogP contribution is 2.29. The van der Waals surface area contributed by atoms with Gasteiger partial charge in [-0.3, -0.25) is 9.59 Å². The molecule has 1 rings (SSSR count). The number of rotatable bonds is 4. The van der Waals surface area contributed by atoms with Gasteiger partial charge in [0, 0.05) is 6.92 Å². The molecule has 7 heteroatoms. The zero-order valence-electron chi connectivity index (χ0n) is 8.17. The maximum atomic E-state index is 11.2. The first-order valence-electron chi connectivity index (χ1n) is 4.00. The molecule has 1 aromatic rings. The lowest BCUT2D eigenvalue weighted by Gasteiger charge is -1.99. The van der Waals surface area contributed by atoms with E-state index in [2.05, 4.69) is 10.3 Å². The minimum Gasteiger partial charge on any atom is -0.308 e. The zero-order chi connectivity index (χ0) is 11.4. The number of anilines is 1. The van der Waals surface area contributed by atoms with Gasteiger partial charge in [0.1, 0.15) is 10.8 Å². The number of alkyl halides is 1. The molecule has 0 bridgehead atoms. The number of thiazole rings is 1. The fraction of sp³-hybridized carbons (Fsp3) is 0.375. The highest BCUT2D eigenvalue weighted by atomic mass is 35.5. The van der Waals surface area contributed by atoms with E-state index in [4.69, 9.17) is 11.6 Å². The quantitative estimate of drug-likeness (QED) is 0.515. The van der Waals surface area contributed by atoms with Crippen LogP contribution < -0.4 is 5.32 Å². The molecule has 0 saturated heterocycles. The predicted octanol–water partition coefficient (Wildman–Crippen LogP) is 2.24. The Bertz CT molecular complexity index is 392. The average Bonchev–Trinajstić information content (AvgIpc) is 2.61. The fourth-order valence-corrected chi connectivity index (χ4v) is 2.36. The largest absolute Gasteiger partial charge is 0.308 e. The number of ketones is 1. The molecular formula is C8H9ClN2O2S2. The van der Waals surface area contributed by atoms with Gasteiger partial charge in [-0.25, -0.2) is 4.98 Å². The molecule has 1 heterocycles. The van der Waals surface area contributed by atoms with Gasteiger partial charge in [0.05, 0.1) is 0 Å². The second kappa shape index (κ2) is 5.48. The molecule has 0 spiro atoms. The van der Waals surface area contributed by atoms with Gasteiger partial charge >= 0.3 is 0 Å². The van der Waals surface area contributed by atoms with E-state index in [1.807, 2.05) is 6.26 Å². The maximum absolute atomic E-state index is 11.2. The van der Waals surface area contributed by atoms with Gasteiger partial charge in [0.2, 0.25) is 5.91 Å². The molecule has 0 atom stereocenters. The smallest absolute Gasteiger partial charge is 0.240 e. The Hall–Kier alpha value is -0.590. The minimum atomic E-state index is -0.364. The second-order valence-corrected chi connectivity index (χ2v) is 4.92. The number of carbonyl (C=O) groups excluding carboxylic acids is 2. The van der Waals surface area contributed by atoms with Crippen molar-refractivity contribution in [2.45, 2.75) is 11.3 Å². The summed E-state index contributed by atoms with van der Waals surface area (Å²) in [6.45, 7) is 1.44. The summed E-state index contributed by atoms with van der Waals surface area (Å²) in [5.41, 5.74) is 0. The van der Waals surface area contributed by atoms with Crippen LogP contribution in [0.2, 0.25) is 0 Å². The van der Waals surface area contributed by atoms with Crippen molar-refractivity contribution in [3.63, 3.8) is 0 Å². The Morgan fingerprint density at radius 3 is 2.73 bits per heavy atom. The molecule has 0 aromatic carbocycles. The first kappa shape index (κ1) is 12.5. The van der Waals surface area contributed by atoms with Crippen LogP contribution in [0.1, 0.15) is 16.6 Å². The van der Waals surface area contributed by atoms with E-state index in [0.717, 1.165) is 4.34 Å². The summed E-state index contributed by atoms with van der Waals surface area (Å²) in [5, 5.41) is 2.49. The third kappa shape index (κ3) is 3.19. The molecule has 4 nitrogen and oxygen atoms in total. The molecule has 15 heavy (non-hydrogen) atoms. The van der Waals surface area contributed by atoms with E-state index in [1.54, 1.807) is 0 Å². The summed E-state index contributed by atoms with van der Waals surface area (Å²) in [4.78, 5) is 26.9. The highest BCUT2D eigenvalue weighted by Gasteiger charge is 2.16. The zero-order valence-corrected chi connectivity index (χ0v) is 10.6. The van der Waals surface area contributed by atoms with Gasteiger partial charge in [0.15, 0.2) is 15.9 Å². The molecule has 1 amide bonds. The number of hydrogen-bond donors (Lipinski definition) is 1. The van der Waals surface area contributed by atoms with E-state index in [9.17, 15) is 9.59 Å². The van der Waals surface area contributed by atoms with Crippen LogP contribution in [0, 0.1) is 0 Å². The minimum absolute atomic E-state index is 0.113. The molecular weight excluding hydrogens is 256 g/mol. The molecule has 0 aliphatic carbocycles. The topological polar surface area (TPSA) is 59.1 Å². The fourth-order valence-electron chi connectivity index (χ4n) is 0.877. The number of halogens is 1. The first-order valence-corrected chi connectivity index (χ1v) is 6.57. The van der Waals surface area contributed by atoms with Crippen molar-refractivity contribution in [2.75, 3.05) is 17.5 Å². The van der Waals surface area contributed by atoms with Gasteiger partial charge in [-0.1, -0.05) is 11.8 Å². The average molecular weight is 265 g/mol. The van der Waals surface area contributed by atoms with Crippen molar-refractivity contribution in [3.8, 4) is 0 Å². The molecule has 0 unspecified atom stereocenters. The van der Waals surface area contributed by atoms with E-state index in [0.29, 0.717) is 10.7 Å². The Morgan fingerprint density at radius 1 is 1.60 bits per heavy atom. The van der Waals surface area contributed by atoms with Crippen LogP contribution in [0.3, 0.4) is 0 Å². The maximum Gasteiger partial charge on any atom is 0.240 e. The number of nitrogens with one attached hydrogen (secondary N) is 1. The van der Waals surface area contributed by atoms with Crippen LogP contribution in [-0.2, 0) is 4.79 Å². The summed E-state index contributed by atoms with van der Waals surface area (Å²) in [5.74, 6) is -0.319. The Labute approximate surface area is 100 Å². The normalized spacial score (nSPS) is 10.1. The lowest BCUT2D eigenvalue weighted by molar-refractivity contribution is -0.113. The highest BCUT2D eigenvalue weighted by molar-refractivity contribution is 8.00. The summed E-state index contributed by atoms with van der Waals surface area (Å²) in [6, 6.07) is 0. The van der Waals surface area contributed by atoms with Crippen molar-refractivity contribution >= 4 is 52.2 Å². The number of nitrogens with zero attached hydrogens (tertiary/aromatic N) is 1. The van der Waals surface area contributed by atoms with Crippen LogP contribution >= 0.6 is 34.7 Å². The number of amides is 1. The summed E-state index contributed by atoms with van der Waals surface area (Å²) < 4.78 is 0.741. The monoisotopic (exact) mass is 264 g/mol. The Morgan fingerprint density at radius 2 is 2.27 bits per heavy atom. The second-order valence-electron chi connectivity index (χ2n) is 2.60. The van der Waals surface area contributed by atoms with Crippen LogP contribution in [0.15, 0.2) is 4.34 Å². The van der Waals surface area contributed by atoms with Crippen molar-refractivity contribution in [3.05, 3.63) is 4.88 Å². The lowest BCUT2D eigenvalue weighted by atomic mass is 10.3. The number of aromatic nitrogens is 1. The Kier molecular flexibility index (Phi) is 4.56. The summed E-state index contributed by atoms with van der Waals surface area (Å²) in [6.07, 6.45) is 1.86. The molecule has 82 valence electrons. The lowest BCUT2D eigenvalue weighted by Crippen LogP contribution is -2.14. The Balaban J connectivity index is 2.98. The van der Waals surface area contributed by atoms with Crippen molar-refractivity contribution in [1.29, 1.82) is 0 Å². The molecule has 0 aliphatic rings. The molecule has 0 aliphatic heterocycles. The van der Waals surface area contributed by atoms with E-state index in [1.165, 1.54) is 30.0 Å². The molecule has 0 fully saturated rings. The van der Waals surface area contributed by atoms with Crippen molar-refractivity contribution in [1.82, 2.24) is 4.98 Å². The summed E-state index contributed by atoms with van der Waals surface area (Å²) in [7, 11) is 0. The van der Waals surface area contributed by atoms with Crippen LogP contribution in [-0.4, -0.2) is 28.8 Å². The first-order chi connectivity index (χ1) is 7.08. The van der Waals surface area contributed by atoms with Crippen LogP contribution in [0.25, 0.3) is 0 Å². The number of hydrogen-bond acceptors (Lipinski definition) is 5. The van der Waals surface area contributed by atoms with E-state index < -0.39 is 0 Å². The van der Waals surface area contributed by atoms with Crippen molar-refractivity contribution in [2.24, 2.45) is 0 Å². The van der Waals surface area contributed by atoms with Gasteiger partial charge in [-0.15, -0.1) is 22.9 Å². The predicted molar refractivity (Wildman–Crippen MR) is 63.2 cm³/mol. The van der Waals surface area contributed by atoms with Crippen LogP contribution in [0.4, 0.5) is 5.82 Å². The third-order valence-electron chi connectivity index (χ3n) is 1.48. The number of thioether (sulfide) groups is 1. The standard InChI is InChI=1S/C8H9ClN2O2S2/c1-4(12)6-7(10-5(13)3-9)11-8(14-2)15-6/h3H2,1-2H3,(H,10,13). The molecule has 1 N–H and O–H groups in total. The number of carbonyl (C=O) groups is 2. The van der Waals surface area contributed by atoms with Gasteiger partial charge in [0.25, 0.3) is 0 Å². The van der Waals surface area contributed by atoms with Crippen LogP contribution in [0.5, 0.6) is 0 Å². The number of Topliss-reactive ketones (excluding diaryl/α,β-unsaturated/α-hetero) is 1. The van der Waals surface area contributed by atoms with Crippen molar-refractivity contribution < 1.29 is 9.59 Å². The SMILES string of the molecule is CSc1nc(NC(=O)CCl)c(C(C)=O)s1. The van der Waals surface area contributed by atoms with E-state index in [-0.39, 0.29) is 17.6 Å². The van der Waals surface area contributed by atoms with Gasteiger partial charge in [-0.05, 0) is 6.26 Å². The van der Waals surface area contributed by atoms with E-state index >= 15 is 0 Å². The molecule has 0 radical (unpaired) electrons.